The van der Waals surface area contributed by atoms with E-state index in [1.807, 2.05) is 61.7 Å². The summed E-state index contributed by atoms with van der Waals surface area (Å²) >= 11 is 5.32. The number of rotatable bonds is 5. The van der Waals surface area contributed by atoms with Crippen molar-refractivity contribution < 1.29 is 19.1 Å². The van der Waals surface area contributed by atoms with Crippen LogP contribution in [0, 0.1) is 20.8 Å². The molecule has 0 unspecified atom stereocenters. The number of thiocarbonyl (C=S) groups is 1. The average Bonchev–Trinajstić information content (AvgIpc) is 3.14. The van der Waals surface area contributed by atoms with E-state index in [1.165, 1.54) is 12.0 Å². The molecule has 36 heavy (non-hydrogen) atoms. The van der Waals surface area contributed by atoms with Gasteiger partial charge in [0.05, 0.1) is 18.4 Å². The summed E-state index contributed by atoms with van der Waals surface area (Å²) in [6.07, 6.45) is 2.46. The second-order valence-corrected chi connectivity index (χ2v) is 8.97. The third-order valence-corrected chi connectivity index (χ3v) is 6.71. The van der Waals surface area contributed by atoms with Crippen LogP contribution < -0.4 is 10.2 Å². The van der Waals surface area contributed by atoms with Gasteiger partial charge in [-0.15, -0.1) is 0 Å². The first kappa shape index (κ1) is 25.1. The van der Waals surface area contributed by atoms with Gasteiger partial charge in [-0.05, 0) is 92.5 Å². The second-order valence-electron chi connectivity index (χ2n) is 8.58. The van der Waals surface area contributed by atoms with Crippen LogP contribution in [0.1, 0.15) is 45.4 Å². The zero-order valence-electron chi connectivity index (χ0n) is 20.8. The van der Waals surface area contributed by atoms with Crippen LogP contribution in [0.4, 0.5) is 5.69 Å². The van der Waals surface area contributed by atoms with Crippen molar-refractivity contribution >= 4 is 46.9 Å². The van der Waals surface area contributed by atoms with Gasteiger partial charge in [-0.3, -0.25) is 19.8 Å². The molecule has 8 heteroatoms. The van der Waals surface area contributed by atoms with Crippen molar-refractivity contribution in [2.45, 2.75) is 34.1 Å². The summed E-state index contributed by atoms with van der Waals surface area (Å²) in [7, 11) is 1.35. The van der Waals surface area contributed by atoms with E-state index in [4.69, 9.17) is 17.0 Å². The number of carbonyl (C=O) groups excluding carboxylic acids is 3. The molecule has 4 rings (SSSR count). The van der Waals surface area contributed by atoms with Gasteiger partial charge in [-0.2, -0.15) is 0 Å². The Labute approximate surface area is 215 Å². The number of hydrogen-bond donors (Lipinski definition) is 1. The smallest absolute Gasteiger partial charge is 0.338 e. The molecule has 1 aromatic heterocycles. The molecule has 1 fully saturated rings. The van der Waals surface area contributed by atoms with Crippen molar-refractivity contribution in [2.75, 3.05) is 12.0 Å². The molecule has 2 aromatic carbocycles. The Morgan fingerprint density at radius 1 is 1.08 bits per heavy atom. The summed E-state index contributed by atoms with van der Waals surface area (Å²) in [6.45, 7) is 7.75. The van der Waals surface area contributed by atoms with Crippen LogP contribution in [0.15, 0.2) is 54.1 Å². The summed E-state index contributed by atoms with van der Waals surface area (Å²) in [5.41, 5.74) is 6.18. The second kappa shape index (κ2) is 9.91. The number of amides is 2. The topological polar surface area (TPSA) is 80.6 Å². The van der Waals surface area contributed by atoms with E-state index in [1.54, 1.807) is 18.2 Å². The van der Waals surface area contributed by atoms with Crippen molar-refractivity contribution in [3.63, 3.8) is 0 Å². The predicted molar refractivity (Wildman–Crippen MR) is 143 cm³/mol. The third kappa shape index (κ3) is 4.35. The van der Waals surface area contributed by atoms with E-state index >= 15 is 0 Å². The molecular weight excluding hydrogens is 474 g/mol. The van der Waals surface area contributed by atoms with E-state index in [0.29, 0.717) is 16.8 Å². The average molecular weight is 502 g/mol. The first-order valence-electron chi connectivity index (χ1n) is 11.6. The van der Waals surface area contributed by atoms with Crippen LogP contribution in [-0.4, -0.2) is 34.6 Å². The lowest BCUT2D eigenvalue weighted by Gasteiger charge is -2.29. The largest absolute Gasteiger partial charge is 0.465 e. The predicted octanol–water partition coefficient (Wildman–Crippen LogP) is 4.58. The summed E-state index contributed by atoms with van der Waals surface area (Å²) in [5, 5.41) is 2.68. The first-order chi connectivity index (χ1) is 17.2. The highest BCUT2D eigenvalue weighted by Crippen LogP contribution is 2.28. The maximum absolute atomic E-state index is 13.4. The molecule has 0 saturated carbocycles. The van der Waals surface area contributed by atoms with Crippen molar-refractivity contribution in [1.82, 2.24) is 9.88 Å². The highest BCUT2D eigenvalue weighted by Gasteiger charge is 2.34. The number of aryl methyl sites for hydroxylation is 2. The Balaban J connectivity index is 1.76. The first-order valence-corrected chi connectivity index (χ1v) is 12.0. The lowest BCUT2D eigenvalue weighted by atomic mass is 10.1. The number of nitrogens with zero attached hydrogens (tertiary/aromatic N) is 2. The molecule has 0 aliphatic carbocycles. The van der Waals surface area contributed by atoms with Crippen molar-refractivity contribution in [1.29, 1.82) is 0 Å². The molecule has 1 N–H and O–H groups in total. The molecule has 0 atom stereocenters. The summed E-state index contributed by atoms with van der Waals surface area (Å²) in [4.78, 5) is 39.8. The zero-order chi connectivity index (χ0) is 26.1. The minimum absolute atomic E-state index is 0.0107. The van der Waals surface area contributed by atoms with Crippen LogP contribution in [0.25, 0.3) is 11.8 Å². The monoisotopic (exact) mass is 501 g/mol. The zero-order valence-corrected chi connectivity index (χ0v) is 21.7. The quantitative estimate of drug-likeness (QED) is 0.240. The Hall–Kier alpha value is -4.04. The van der Waals surface area contributed by atoms with Gasteiger partial charge in [-0.1, -0.05) is 25.1 Å². The maximum atomic E-state index is 13.4. The Kier molecular flexibility index (Phi) is 6.90. The minimum Gasteiger partial charge on any atom is -0.465 e. The van der Waals surface area contributed by atoms with E-state index in [-0.39, 0.29) is 10.7 Å². The van der Waals surface area contributed by atoms with E-state index in [9.17, 15) is 14.4 Å². The molecule has 2 amide bonds. The lowest BCUT2D eigenvalue weighted by molar-refractivity contribution is -0.122. The van der Waals surface area contributed by atoms with Crippen LogP contribution in [-0.2, 0) is 20.7 Å². The molecule has 1 saturated heterocycles. The van der Waals surface area contributed by atoms with Crippen molar-refractivity contribution in [2.24, 2.45) is 0 Å². The number of ether oxygens (including phenoxy) is 1. The van der Waals surface area contributed by atoms with E-state index in [2.05, 4.69) is 12.2 Å². The Bertz CT molecular complexity index is 1430. The number of esters is 1. The lowest BCUT2D eigenvalue weighted by Crippen LogP contribution is -2.54. The van der Waals surface area contributed by atoms with Gasteiger partial charge in [0.2, 0.25) is 0 Å². The van der Waals surface area contributed by atoms with Gasteiger partial charge in [-0.25, -0.2) is 4.79 Å². The highest BCUT2D eigenvalue weighted by molar-refractivity contribution is 7.80. The van der Waals surface area contributed by atoms with Gasteiger partial charge < -0.3 is 9.30 Å². The summed E-state index contributed by atoms with van der Waals surface area (Å²) in [5.74, 6) is -1.44. The Morgan fingerprint density at radius 2 is 1.78 bits per heavy atom. The van der Waals surface area contributed by atoms with Gasteiger partial charge >= 0.3 is 5.97 Å². The Morgan fingerprint density at radius 3 is 2.42 bits per heavy atom. The van der Waals surface area contributed by atoms with Crippen LogP contribution >= 0.6 is 12.2 Å². The molecule has 1 aliphatic heterocycles. The van der Waals surface area contributed by atoms with Gasteiger partial charge in [0.25, 0.3) is 11.8 Å². The molecule has 0 spiro atoms. The molecule has 2 heterocycles. The SMILES string of the molecule is CCc1ccc(N2C(=O)/C(=C/c3cc(C)n(-c4cccc(C(=O)OC)c4C)c3C)C(=O)NC2=S)cc1. The summed E-state index contributed by atoms with van der Waals surface area (Å²) < 4.78 is 6.90. The number of aromatic nitrogens is 1. The third-order valence-electron chi connectivity index (χ3n) is 6.43. The molecule has 1 aliphatic rings. The number of anilines is 1. The fraction of sp³-hybridized carbons (Fsp3) is 0.214. The van der Waals surface area contributed by atoms with Crippen LogP contribution in [0.3, 0.4) is 0 Å². The van der Waals surface area contributed by atoms with Crippen LogP contribution in [0.5, 0.6) is 0 Å². The summed E-state index contributed by atoms with van der Waals surface area (Å²) in [6, 6.07) is 14.8. The van der Waals surface area contributed by atoms with Crippen molar-refractivity contribution in [3.8, 4) is 5.69 Å². The number of methoxy groups -OCH3 is 1. The molecule has 0 bridgehead atoms. The standard InChI is InChI=1S/C28H27N3O4S/c1-6-19-10-12-21(13-11-19)31-26(33)23(25(32)29-28(31)36)15-20-14-16(2)30(18(20)4)24-9-7-8-22(17(24)3)27(34)35-5/h7-15H,6H2,1-5H3,(H,29,32,36)/b23-15+. The van der Waals surface area contributed by atoms with Crippen LogP contribution in [0.2, 0.25) is 0 Å². The number of hydrogen-bond acceptors (Lipinski definition) is 5. The van der Waals surface area contributed by atoms with E-state index < -0.39 is 17.8 Å². The van der Waals surface area contributed by atoms with Crippen molar-refractivity contribution in [3.05, 3.63) is 87.7 Å². The number of nitrogens with one attached hydrogen (secondary N) is 1. The number of benzene rings is 2. The minimum atomic E-state index is -0.542. The highest BCUT2D eigenvalue weighted by atomic mass is 32.1. The van der Waals surface area contributed by atoms with Gasteiger partial charge in [0.15, 0.2) is 5.11 Å². The molecule has 7 nitrogen and oxygen atoms in total. The molecular formula is C28H27N3O4S. The fourth-order valence-electron chi connectivity index (χ4n) is 4.43. The van der Waals surface area contributed by atoms with Gasteiger partial charge in [0.1, 0.15) is 5.57 Å². The molecule has 3 aromatic rings. The maximum Gasteiger partial charge on any atom is 0.338 e. The van der Waals surface area contributed by atoms with E-state index in [0.717, 1.165) is 34.6 Å². The fourth-order valence-corrected chi connectivity index (χ4v) is 4.71. The normalized spacial score (nSPS) is 14.9. The van der Waals surface area contributed by atoms with Gasteiger partial charge in [0, 0.05) is 17.1 Å². The molecule has 0 radical (unpaired) electrons. The molecule has 184 valence electrons. The number of carbonyl (C=O) groups is 3.